The molecule has 102 valence electrons. The van der Waals surface area contributed by atoms with Crippen molar-refractivity contribution in [1.82, 2.24) is 5.32 Å². The van der Waals surface area contributed by atoms with Crippen LogP contribution in [0.4, 0.5) is 0 Å². The molecule has 1 atom stereocenters. The Morgan fingerprint density at radius 2 is 1.94 bits per heavy atom. The van der Waals surface area contributed by atoms with E-state index in [4.69, 9.17) is 9.47 Å². The number of methoxy groups -OCH3 is 1. The summed E-state index contributed by atoms with van der Waals surface area (Å²) in [5, 5.41) is 3.59. The van der Waals surface area contributed by atoms with Crippen LogP contribution in [0.1, 0.15) is 45.4 Å². The first-order chi connectivity index (χ1) is 8.38. The van der Waals surface area contributed by atoms with Crippen molar-refractivity contribution in [2.75, 3.05) is 33.5 Å². The van der Waals surface area contributed by atoms with Gasteiger partial charge >= 0.3 is 0 Å². The molecule has 3 nitrogen and oxygen atoms in total. The normalized spacial score (nSPS) is 19.4. The van der Waals surface area contributed by atoms with Gasteiger partial charge in [-0.05, 0) is 31.7 Å². The van der Waals surface area contributed by atoms with E-state index in [0.29, 0.717) is 6.04 Å². The molecule has 0 radical (unpaired) electrons. The van der Waals surface area contributed by atoms with Crippen LogP contribution in [0.2, 0.25) is 0 Å². The minimum atomic E-state index is 0.558. The van der Waals surface area contributed by atoms with Crippen LogP contribution in [0.15, 0.2) is 0 Å². The molecular formula is C14H29NO2. The molecule has 0 aromatic rings. The fourth-order valence-corrected chi connectivity index (χ4v) is 2.68. The Morgan fingerprint density at radius 3 is 2.59 bits per heavy atom. The fraction of sp³-hybridized carbons (Fsp3) is 1.00. The Hall–Kier alpha value is -0.120. The predicted molar refractivity (Wildman–Crippen MR) is 71.4 cm³/mol. The van der Waals surface area contributed by atoms with E-state index in [9.17, 15) is 0 Å². The Kier molecular flexibility index (Phi) is 8.67. The lowest BCUT2D eigenvalue weighted by Crippen LogP contribution is -2.41. The lowest BCUT2D eigenvalue weighted by Gasteiger charge is -2.30. The quantitative estimate of drug-likeness (QED) is 0.631. The maximum atomic E-state index is 5.76. The zero-order valence-electron chi connectivity index (χ0n) is 11.5. The molecule has 0 aromatic heterocycles. The van der Waals surface area contributed by atoms with Gasteiger partial charge in [0.25, 0.3) is 0 Å². The van der Waals surface area contributed by atoms with E-state index in [1.54, 1.807) is 7.11 Å². The van der Waals surface area contributed by atoms with E-state index in [-0.39, 0.29) is 0 Å². The van der Waals surface area contributed by atoms with Crippen molar-refractivity contribution < 1.29 is 9.47 Å². The molecule has 0 amide bonds. The van der Waals surface area contributed by atoms with Crippen LogP contribution in [0, 0.1) is 5.92 Å². The highest BCUT2D eigenvalue weighted by molar-refractivity contribution is 4.78. The first kappa shape index (κ1) is 14.9. The zero-order valence-corrected chi connectivity index (χ0v) is 11.5. The van der Waals surface area contributed by atoms with Crippen molar-refractivity contribution in [3.05, 3.63) is 0 Å². The summed E-state index contributed by atoms with van der Waals surface area (Å²) in [5.41, 5.74) is 0. The topological polar surface area (TPSA) is 30.5 Å². The van der Waals surface area contributed by atoms with Crippen LogP contribution in [0.3, 0.4) is 0 Å². The number of nitrogens with one attached hydrogen (secondary N) is 1. The predicted octanol–water partition coefficient (Wildman–Crippen LogP) is 2.60. The number of hydrogen-bond donors (Lipinski definition) is 1. The van der Waals surface area contributed by atoms with Crippen LogP contribution in [0.5, 0.6) is 0 Å². The zero-order chi connectivity index (χ0) is 12.3. The standard InChI is InChI=1S/C14H29NO2/c1-3-15-14(12-17-11-7-10-16-2)13-8-5-4-6-9-13/h13-15H,3-12H2,1-2H3. The highest BCUT2D eigenvalue weighted by Crippen LogP contribution is 2.26. The first-order valence-corrected chi connectivity index (χ1v) is 7.18. The fourth-order valence-electron chi connectivity index (χ4n) is 2.68. The van der Waals surface area contributed by atoms with Crippen molar-refractivity contribution in [2.24, 2.45) is 5.92 Å². The minimum Gasteiger partial charge on any atom is -0.385 e. The molecular weight excluding hydrogens is 214 g/mol. The Labute approximate surface area is 106 Å². The molecule has 0 aromatic carbocycles. The summed E-state index contributed by atoms with van der Waals surface area (Å²) in [6.45, 7) is 5.71. The third-order valence-electron chi connectivity index (χ3n) is 3.62. The minimum absolute atomic E-state index is 0.558. The molecule has 1 aliphatic rings. The van der Waals surface area contributed by atoms with E-state index in [1.807, 2.05) is 0 Å². The molecule has 0 bridgehead atoms. The summed E-state index contributed by atoms with van der Waals surface area (Å²) < 4.78 is 10.8. The molecule has 1 unspecified atom stereocenters. The SMILES string of the molecule is CCNC(COCCCOC)C1CCCCC1. The largest absolute Gasteiger partial charge is 0.385 e. The summed E-state index contributed by atoms with van der Waals surface area (Å²) in [6.07, 6.45) is 7.97. The molecule has 1 saturated carbocycles. The summed E-state index contributed by atoms with van der Waals surface area (Å²) in [4.78, 5) is 0. The van der Waals surface area contributed by atoms with E-state index >= 15 is 0 Å². The lowest BCUT2D eigenvalue weighted by atomic mass is 9.84. The van der Waals surface area contributed by atoms with Crippen molar-refractivity contribution in [3.8, 4) is 0 Å². The highest BCUT2D eigenvalue weighted by atomic mass is 16.5. The second-order valence-corrected chi connectivity index (χ2v) is 4.98. The molecule has 0 saturated heterocycles. The third kappa shape index (κ3) is 6.39. The van der Waals surface area contributed by atoms with Gasteiger partial charge in [0.1, 0.15) is 0 Å². The molecule has 0 spiro atoms. The van der Waals surface area contributed by atoms with Crippen molar-refractivity contribution in [3.63, 3.8) is 0 Å². The van der Waals surface area contributed by atoms with Gasteiger partial charge < -0.3 is 14.8 Å². The number of ether oxygens (including phenoxy) is 2. The van der Waals surface area contributed by atoms with Gasteiger partial charge in [-0.1, -0.05) is 26.2 Å². The smallest absolute Gasteiger partial charge is 0.0622 e. The molecule has 1 N–H and O–H groups in total. The van der Waals surface area contributed by atoms with Gasteiger partial charge in [0, 0.05) is 26.4 Å². The second-order valence-electron chi connectivity index (χ2n) is 4.98. The molecule has 1 fully saturated rings. The van der Waals surface area contributed by atoms with Crippen LogP contribution in [-0.2, 0) is 9.47 Å². The number of rotatable bonds is 9. The van der Waals surface area contributed by atoms with Gasteiger partial charge in [-0.3, -0.25) is 0 Å². The molecule has 3 heteroatoms. The average molecular weight is 243 g/mol. The van der Waals surface area contributed by atoms with Crippen molar-refractivity contribution in [2.45, 2.75) is 51.5 Å². The maximum Gasteiger partial charge on any atom is 0.0622 e. The van der Waals surface area contributed by atoms with Gasteiger partial charge in [-0.15, -0.1) is 0 Å². The third-order valence-corrected chi connectivity index (χ3v) is 3.62. The van der Waals surface area contributed by atoms with Gasteiger partial charge in [0.2, 0.25) is 0 Å². The van der Waals surface area contributed by atoms with Crippen molar-refractivity contribution in [1.29, 1.82) is 0 Å². The van der Waals surface area contributed by atoms with Crippen LogP contribution in [-0.4, -0.2) is 39.5 Å². The van der Waals surface area contributed by atoms with Crippen LogP contribution >= 0.6 is 0 Å². The van der Waals surface area contributed by atoms with E-state index < -0.39 is 0 Å². The molecule has 0 heterocycles. The average Bonchev–Trinajstić information content (AvgIpc) is 2.38. The van der Waals surface area contributed by atoms with Gasteiger partial charge in [-0.2, -0.15) is 0 Å². The maximum absolute atomic E-state index is 5.76. The molecule has 1 aliphatic carbocycles. The van der Waals surface area contributed by atoms with Gasteiger partial charge in [0.05, 0.1) is 6.61 Å². The van der Waals surface area contributed by atoms with Crippen LogP contribution < -0.4 is 5.32 Å². The second kappa shape index (κ2) is 9.86. The van der Waals surface area contributed by atoms with Crippen molar-refractivity contribution >= 4 is 0 Å². The summed E-state index contributed by atoms with van der Waals surface area (Å²) in [6, 6.07) is 0.558. The van der Waals surface area contributed by atoms with Gasteiger partial charge in [-0.25, -0.2) is 0 Å². The molecule has 17 heavy (non-hydrogen) atoms. The Morgan fingerprint density at radius 1 is 1.18 bits per heavy atom. The highest BCUT2D eigenvalue weighted by Gasteiger charge is 2.22. The molecule has 0 aliphatic heterocycles. The Balaban J connectivity index is 2.17. The summed E-state index contributed by atoms with van der Waals surface area (Å²) >= 11 is 0. The monoisotopic (exact) mass is 243 g/mol. The molecule has 1 rings (SSSR count). The number of likely N-dealkylation sites (N-methyl/N-ethyl adjacent to an activating group) is 1. The Bertz CT molecular complexity index is 170. The van der Waals surface area contributed by atoms with E-state index in [2.05, 4.69) is 12.2 Å². The summed E-state index contributed by atoms with van der Waals surface area (Å²) in [7, 11) is 1.74. The van der Waals surface area contributed by atoms with Gasteiger partial charge in [0.15, 0.2) is 0 Å². The lowest BCUT2D eigenvalue weighted by molar-refractivity contribution is 0.0690. The first-order valence-electron chi connectivity index (χ1n) is 7.18. The summed E-state index contributed by atoms with van der Waals surface area (Å²) in [5.74, 6) is 0.825. The number of hydrogen-bond acceptors (Lipinski definition) is 3. The van der Waals surface area contributed by atoms with E-state index in [0.717, 1.165) is 38.7 Å². The van der Waals surface area contributed by atoms with Crippen LogP contribution in [0.25, 0.3) is 0 Å². The van der Waals surface area contributed by atoms with E-state index in [1.165, 1.54) is 32.1 Å².